The van der Waals surface area contributed by atoms with Crippen LogP contribution < -0.4 is 10.6 Å². The van der Waals surface area contributed by atoms with Crippen LogP contribution in [0.3, 0.4) is 0 Å². The summed E-state index contributed by atoms with van der Waals surface area (Å²) in [5.41, 5.74) is 1.92. The highest BCUT2D eigenvalue weighted by Crippen LogP contribution is 2.23. The maximum atomic E-state index is 13.2. The minimum absolute atomic E-state index is 0.00797. The molecule has 3 aromatic rings. The van der Waals surface area contributed by atoms with Crippen molar-refractivity contribution in [3.05, 3.63) is 74.6 Å². The zero-order chi connectivity index (χ0) is 23.4. The van der Waals surface area contributed by atoms with E-state index in [1.807, 2.05) is 24.4 Å². The lowest BCUT2D eigenvalue weighted by Crippen LogP contribution is -2.47. The Kier molecular flexibility index (Phi) is 6.74. The number of aryl methyl sites for hydroxylation is 1. The Morgan fingerprint density at radius 2 is 2.18 bits per heavy atom. The predicted octanol–water partition coefficient (Wildman–Crippen LogP) is 4.14. The largest absolute Gasteiger partial charge is 0.461 e. The molecular formula is C23H24N4O5S. The number of nitrogens with zero attached hydrogens (tertiary/aromatic N) is 2. The van der Waals surface area contributed by atoms with Gasteiger partial charge in [0.25, 0.3) is 6.20 Å². The number of anilines is 1. The highest BCUT2D eigenvalue weighted by Gasteiger charge is 2.29. The monoisotopic (exact) mass is 468 g/mol. The fraction of sp³-hybridized carbons (Fsp3) is 0.304. The first-order chi connectivity index (χ1) is 15.9. The molecule has 172 valence electrons. The molecule has 0 spiro atoms. The molecule has 1 aliphatic heterocycles. The van der Waals surface area contributed by atoms with Gasteiger partial charge in [-0.25, -0.2) is 0 Å². The average Bonchev–Trinajstić information content (AvgIpc) is 3.39. The van der Waals surface area contributed by atoms with E-state index < -0.39 is 11.0 Å². The average molecular weight is 469 g/mol. The zero-order valence-corrected chi connectivity index (χ0v) is 18.9. The number of benzene rings is 1. The Morgan fingerprint density at radius 1 is 1.33 bits per heavy atom. The number of carbonyl (C=O) groups is 2. The van der Waals surface area contributed by atoms with Gasteiger partial charge in [0.05, 0.1) is 11.5 Å². The number of amides is 1. The third kappa shape index (κ3) is 5.58. The first-order valence-corrected chi connectivity index (χ1v) is 11.6. The topological polar surface area (TPSA) is 118 Å². The molecule has 4 rings (SSSR count). The number of nitrogens with one attached hydrogen (secondary N) is 2. The normalized spacial score (nSPS) is 17.1. The van der Waals surface area contributed by atoms with Gasteiger partial charge in [0.15, 0.2) is 11.6 Å². The highest BCUT2D eigenvalue weighted by molar-refractivity contribution is 7.08. The van der Waals surface area contributed by atoms with Crippen LogP contribution in [-0.2, 0) is 4.79 Å². The van der Waals surface area contributed by atoms with Gasteiger partial charge in [0, 0.05) is 28.6 Å². The summed E-state index contributed by atoms with van der Waals surface area (Å²) in [5.74, 6) is 0.507. The Bertz CT molecular complexity index is 1200. The van der Waals surface area contributed by atoms with Gasteiger partial charge in [-0.3, -0.25) is 19.7 Å². The number of furan rings is 1. The van der Waals surface area contributed by atoms with E-state index in [1.165, 1.54) is 16.2 Å². The number of fused-ring (bicyclic) bond motifs is 1. The van der Waals surface area contributed by atoms with Crippen LogP contribution in [0.4, 0.5) is 5.69 Å². The summed E-state index contributed by atoms with van der Waals surface area (Å²) in [7, 11) is 0. The van der Waals surface area contributed by atoms with Crippen LogP contribution in [0.5, 0.6) is 0 Å². The summed E-state index contributed by atoms with van der Waals surface area (Å²) in [5, 5.41) is 21.7. The molecule has 0 radical (unpaired) electrons. The van der Waals surface area contributed by atoms with E-state index in [1.54, 1.807) is 23.6 Å². The molecule has 2 N–H and O–H groups in total. The maximum Gasteiger partial charge on any atom is 0.274 e. The van der Waals surface area contributed by atoms with Gasteiger partial charge in [-0.15, -0.1) is 0 Å². The third-order valence-corrected chi connectivity index (χ3v) is 6.12. The smallest absolute Gasteiger partial charge is 0.274 e. The van der Waals surface area contributed by atoms with Crippen LogP contribution in [0.15, 0.2) is 57.5 Å². The second kappa shape index (κ2) is 9.86. The zero-order valence-electron chi connectivity index (χ0n) is 18.1. The second-order valence-corrected chi connectivity index (χ2v) is 8.73. The fourth-order valence-electron chi connectivity index (χ4n) is 3.89. The fourth-order valence-corrected chi connectivity index (χ4v) is 4.55. The van der Waals surface area contributed by atoms with Crippen molar-refractivity contribution in [2.24, 2.45) is 0 Å². The van der Waals surface area contributed by atoms with Crippen LogP contribution >= 0.6 is 11.3 Å². The summed E-state index contributed by atoms with van der Waals surface area (Å²) in [6.45, 7) is 2.32. The van der Waals surface area contributed by atoms with Crippen molar-refractivity contribution in [2.75, 3.05) is 18.4 Å². The SMILES string of the molecule is Cc1cc2cc(N/C(=C/[N+](=O)[O-])NC3CCCCN(CC(=O)c4ccsc4)C3=O)ccc2o1. The Hall–Kier alpha value is -3.66. The molecule has 2 aromatic heterocycles. The number of ketones is 1. The lowest BCUT2D eigenvalue weighted by atomic mass is 10.1. The summed E-state index contributed by atoms with van der Waals surface area (Å²) in [6.07, 6.45) is 2.85. The van der Waals surface area contributed by atoms with Crippen LogP contribution in [0.25, 0.3) is 11.0 Å². The van der Waals surface area contributed by atoms with E-state index in [4.69, 9.17) is 4.42 Å². The molecule has 1 atom stereocenters. The molecule has 9 nitrogen and oxygen atoms in total. The van der Waals surface area contributed by atoms with Crippen molar-refractivity contribution in [3.8, 4) is 0 Å². The minimum atomic E-state index is -0.679. The molecule has 0 bridgehead atoms. The van der Waals surface area contributed by atoms with Crippen molar-refractivity contribution in [3.63, 3.8) is 0 Å². The number of likely N-dealkylation sites (tertiary alicyclic amines) is 1. The number of hydrogen-bond acceptors (Lipinski definition) is 8. The standard InChI is InChI=1S/C23H24N4O5S/c1-15-10-17-11-18(5-6-21(17)32-15)24-22(13-27(30)31)25-19-4-2-3-8-26(23(19)29)12-20(28)16-7-9-33-14-16/h5-7,9-11,13-14,19,24-25H,2-4,8,12H2,1H3/b22-13-. The van der Waals surface area contributed by atoms with Gasteiger partial charge >= 0.3 is 0 Å². The molecule has 1 aliphatic rings. The van der Waals surface area contributed by atoms with Gasteiger partial charge in [-0.2, -0.15) is 11.3 Å². The molecule has 33 heavy (non-hydrogen) atoms. The molecule has 1 fully saturated rings. The Morgan fingerprint density at radius 3 is 2.94 bits per heavy atom. The quantitative estimate of drug-likeness (QED) is 0.290. The number of Topliss-reactive ketones (excluding diaryl/α,β-unsaturated/α-hetero) is 1. The number of nitro groups is 1. The summed E-state index contributed by atoms with van der Waals surface area (Å²) < 4.78 is 5.57. The molecule has 1 unspecified atom stereocenters. The molecule has 0 aliphatic carbocycles. The molecular weight excluding hydrogens is 444 g/mol. The van der Waals surface area contributed by atoms with Crippen molar-refractivity contribution in [1.82, 2.24) is 10.2 Å². The lowest BCUT2D eigenvalue weighted by molar-refractivity contribution is -0.403. The molecule has 1 amide bonds. The van der Waals surface area contributed by atoms with Crippen LogP contribution in [0.1, 0.15) is 35.4 Å². The van der Waals surface area contributed by atoms with E-state index in [-0.39, 0.29) is 24.1 Å². The number of rotatable bonds is 8. The lowest BCUT2D eigenvalue weighted by Gasteiger charge is -2.25. The van der Waals surface area contributed by atoms with Crippen molar-refractivity contribution < 1.29 is 18.9 Å². The third-order valence-electron chi connectivity index (χ3n) is 5.44. The van der Waals surface area contributed by atoms with Crippen LogP contribution in [-0.4, -0.2) is 40.6 Å². The van der Waals surface area contributed by atoms with Crippen molar-refractivity contribution in [2.45, 2.75) is 32.2 Å². The summed E-state index contributed by atoms with van der Waals surface area (Å²) in [4.78, 5) is 37.9. The highest BCUT2D eigenvalue weighted by atomic mass is 32.1. The second-order valence-electron chi connectivity index (χ2n) is 7.95. The van der Waals surface area contributed by atoms with E-state index in [0.29, 0.717) is 24.2 Å². The first kappa shape index (κ1) is 22.5. The number of carbonyl (C=O) groups excluding carboxylic acids is 2. The molecule has 10 heteroatoms. The maximum absolute atomic E-state index is 13.2. The Labute approximate surface area is 194 Å². The summed E-state index contributed by atoms with van der Waals surface area (Å²) >= 11 is 1.43. The van der Waals surface area contributed by atoms with Gasteiger partial charge in [-0.1, -0.05) is 0 Å². The molecule has 1 saturated heterocycles. The molecule has 1 aromatic carbocycles. The predicted molar refractivity (Wildman–Crippen MR) is 126 cm³/mol. The van der Waals surface area contributed by atoms with E-state index in [0.717, 1.165) is 35.8 Å². The Balaban J connectivity index is 1.49. The number of thiophene rings is 1. The van der Waals surface area contributed by atoms with Gasteiger partial charge < -0.3 is 20.0 Å². The van der Waals surface area contributed by atoms with Gasteiger partial charge in [0.1, 0.15) is 17.4 Å². The van der Waals surface area contributed by atoms with Crippen LogP contribution in [0, 0.1) is 17.0 Å². The van der Waals surface area contributed by atoms with E-state index in [9.17, 15) is 19.7 Å². The van der Waals surface area contributed by atoms with E-state index in [2.05, 4.69) is 10.6 Å². The van der Waals surface area contributed by atoms with Crippen molar-refractivity contribution in [1.29, 1.82) is 0 Å². The van der Waals surface area contributed by atoms with Crippen molar-refractivity contribution >= 4 is 39.7 Å². The first-order valence-electron chi connectivity index (χ1n) is 10.6. The summed E-state index contributed by atoms with van der Waals surface area (Å²) in [6, 6.07) is 8.29. The van der Waals surface area contributed by atoms with E-state index >= 15 is 0 Å². The molecule has 3 heterocycles. The molecule has 0 saturated carbocycles. The van der Waals surface area contributed by atoms with Crippen LogP contribution in [0.2, 0.25) is 0 Å². The van der Waals surface area contributed by atoms with Gasteiger partial charge in [0.2, 0.25) is 5.91 Å². The number of hydrogen-bond donors (Lipinski definition) is 2. The minimum Gasteiger partial charge on any atom is -0.461 e. The van der Waals surface area contributed by atoms with Gasteiger partial charge in [-0.05, 0) is 61.9 Å².